The molecule has 0 saturated carbocycles. The van der Waals surface area contributed by atoms with Crippen molar-refractivity contribution in [3.05, 3.63) is 0 Å². The second-order valence-electron chi connectivity index (χ2n) is 3.35. The Bertz CT molecular complexity index is 77.4. The second-order valence-corrected chi connectivity index (χ2v) is 40.1. The van der Waals surface area contributed by atoms with Gasteiger partial charge < -0.3 is 0 Å². The fourth-order valence-electron chi connectivity index (χ4n) is 0.601. The lowest BCUT2D eigenvalue weighted by molar-refractivity contribution is 0.468. The molecule has 0 N–H and O–H groups in total. The zero-order valence-corrected chi connectivity index (χ0v) is 13.3. The van der Waals surface area contributed by atoms with Crippen molar-refractivity contribution in [1.82, 2.24) is 0 Å². The van der Waals surface area contributed by atoms with E-state index in [1.807, 2.05) is 0 Å². The molecule has 4 heteroatoms. The summed E-state index contributed by atoms with van der Waals surface area (Å²) < 4.78 is -0.883. The van der Waals surface area contributed by atoms with Gasteiger partial charge in [0.1, 0.15) is 0 Å². The first-order chi connectivity index (χ1) is 3.71. The van der Waals surface area contributed by atoms with Gasteiger partial charge in [-0.3, -0.25) is 0 Å². The zero-order chi connectivity index (χ0) is 7.71. The maximum absolute atomic E-state index is 2.61. The van der Waals surface area contributed by atoms with Gasteiger partial charge in [0.25, 0.3) is 0.564 Å². The first-order valence-electron chi connectivity index (χ1n) is 2.77. The lowest BCUT2D eigenvalue weighted by Gasteiger charge is -2.22. The smallest absolute Gasteiger partial charge is 0.0909 e. The topological polar surface area (TPSA) is 0 Å². The second kappa shape index (κ2) is 3.88. The number of hydrogen-bond donors (Lipinski definition) is 0. The van der Waals surface area contributed by atoms with Crippen LogP contribution in [-0.2, 0) is 0 Å². The molecule has 0 fully saturated rings. The summed E-state index contributed by atoms with van der Waals surface area (Å²) in [5.74, 6) is 0. The molecule has 0 rings (SSSR count). The summed E-state index contributed by atoms with van der Waals surface area (Å²) in [7, 11) is 0. The molecule has 0 radical (unpaired) electrons. The molecule has 0 aromatic heterocycles. The quantitative estimate of drug-likeness (QED) is 0.299. The van der Waals surface area contributed by atoms with Crippen molar-refractivity contribution >= 4 is 66.0 Å². The molecule has 56 valence electrons. The van der Waals surface area contributed by atoms with Gasteiger partial charge in [0.2, 0.25) is 0 Å². The van der Waals surface area contributed by atoms with Gasteiger partial charge in [0, 0.05) is 0 Å². The van der Waals surface area contributed by atoms with Crippen molar-refractivity contribution in [3.8, 4) is 0 Å². The molecular weight excluding hydrogens is 469 g/mol. The summed E-state index contributed by atoms with van der Waals surface area (Å²) in [4.78, 5) is 0. The largest absolute Gasteiger partial charge is 0.254 e. The molecule has 0 aromatic rings. The van der Waals surface area contributed by atoms with Crippen LogP contribution in [0.25, 0.3) is 0 Å². The van der Waals surface area contributed by atoms with Gasteiger partial charge in [-0.25, -0.2) is 0 Å². The summed E-state index contributed by atoms with van der Waals surface area (Å²) in [6.45, 7) is 6.93. The molecule has 0 spiro atoms. The van der Waals surface area contributed by atoms with Crippen LogP contribution in [0.2, 0.25) is 6.04 Å². The first-order valence-corrected chi connectivity index (χ1v) is 14.3. The molecule has 0 heterocycles. The Hall–Kier alpha value is 2.41. The predicted octanol–water partition coefficient (Wildman–Crippen LogP) is 4.28. The predicted molar refractivity (Wildman–Crippen MR) is 72.1 cm³/mol. The van der Waals surface area contributed by atoms with Crippen LogP contribution in [0.15, 0.2) is 0 Å². The fourth-order valence-corrected chi connectivity index (χ4v) is 12.1. The molecule has 0 unspecified atom stereocenters. The summed E-state index contributed by atoms with van der Waals surface area (Å²) in [6, 6.07) is 1.39. The third-order valence-electron chi connectivity index (χ3n) is 0.731. The minimum atomic E-state index is -0.883. The highest BCUT2D eigenvalue weighted by atomic mass is 127. The maximum Gasteiger partial charge on any atom is 0.254 e. The summed E-state index contributed by atoms with van der Waals surface area (Å²) in [6.07, 6.45) is 0. The van der Waals surface area contributed by atoms with Gasteiger partial charge in [-0.05, 0) is 11.5 Å². The molecule has 0 aliphatic carbocycles. The van der Waals surface area contributed by atoms with Crippen LogP contribution in [-0.4, -0.2) is 0.564 Å². The number of rotatable bonds is 1. The third-order valence-corrected chi connectivity index (χ3v) is 5.62. The Labute approximate surface area is 96.6 Å². The molecule has 0 aliphatic heterocycles. The van der Waals surface area contributed by atoms with E-state index in [1.54, 1.807) is 0 Å². The molecule has 0 aliphatic rings. The first kappa shape index (κ1) is 11.4. The molecule has 9 heavy (non-hydrogen) atoms. The average Bonchev–Trinajstić information content (AvgIpc) is 1.14. The summed E-state index contributed by atoms with van der Waals surface area (Å²) >= 11 is 7.84. The van der Waals surface area contributed by atoms with E-state index in [0.717, 1.165) is 0 Å². The van der Waals surface area contributed by atoms with Crippen molar-refractivity contribution in [1.29, 1.82) is 0 Å². The normalized spacial score (nSPS) is 14.0. The van der Waals surface area contributed by atoms with E-state index in [9.17, 15) is 0 Å². The fraction of sp³-hybridized carbons (Fsp3) is 1.00. The van der Waals surface area contributed by atoms with Crippen molar-refractivity contribution < 1.29 is 0 Å². The van der Waals surface area contributed by atoms with E-state index < -0.39 is 0.564 Å². The molecule has 0 bridgehead atoms. The lowest BCUT2D eigenvalue weighted by Crippen LogP contribution is -2.17. The minimum Gasteiger partial charge on any atom is -0.0909 e. The average molecular weight is 480 g/mol. The number of halogens is 3. The Balaban J connectivity index is 3.75. The van der Waals surface area contributed by atoms with Crippen LogP contribution in [0.1, 0.15) is 20.8 Å². The van der Waals surface area contributed by atoms with Crippen LogP contribution < -0.4 is 0 Å². The van der Waals surface area contributed by atoms with Gasteiger partial charge >= 0.3 is 0 Å². The Kier molecular flexibility index (Phi) is 4.92. The van der Waals surface area contributed by atoms with Crippen LogP contribution in [0.4, 0.5) is 0 Å². The Morgan fingerprint density at radius 2 is 1.44 bits per heavy atom. The van der Waals surface area contributed by atoms with E-state index in [2.05, 4.69) is 86.2 Å². The van der Waals surface area contributed by atoms with Crippen LogP contribution in [0.3, 0.4) is 0 Å². The van der Waals surface area contributed by atoms with Gasteiger partial charge in [0.15, 0.2) is 0 Å². The van der Waals surface area contributed by atoms with E-state index >= 15 is 0 Å². The van der Waals surface area contributed by atoms with Crippen molar-refractivity contribution in [3.63, 3.8) is 0 Å². The van der Waals surface area contributed by atoms with Gasteiger partial charge in [-0.1, -0.05) is 86.2 Å². The number of hydrogen-bond acceptors (Lipinski definition) is 0. The third kappa shape index (κ3) is 10.4. The van der Waals surface area contributed by atoms with E-state index in [0.29, 0.717) is 5.41 Å². The van der Waals surface area contributed by atoms with Gasteiger partial charge in [-0.2, -0.15) is 0 Å². The van der Waals surface area contributed by atoms with E-state index in [1.165, 1.54) is 6.04 Å². The van der Waals surface area contributed by atoms with Crippen LogP contribution in [0.5, 0.6) is 0 Å². The lowest BCUT2D eigenvalue weighted by atomic mass is 10.0. The van der Waals surface area contributed by atoms with E-state index in [-0.39, 0.29) is 0 Å². The maximum atomic E-state index is 2.61. The van der Waals surface area contributed by atoms with Gasteiger partial charge in [-0.15, -0.1) is 0 Å². The minimum absolute atomic E-state index is 0.524. The van der Waals surface area contributed by atoms with Crippen LogP contribution in [0, 0.1) is 5.41 Å². The summed E-state index contributed by atoms with van der Waals surface area (Å²) in [5, 5.41) is 0. The molecule has 0 atom stereocenters. The van der Waals surface area contributed by atoms with Gasteiger partial charge in [0.05, 0.1) is 0 Å². The Morgan fingerprint density at radius 3 is 1.44 bits per heavy atom. The highest BCUT2D eigenvalue weighted by molar-refractivity contribution is 14.4. The molecule has 0 nitrogen and oxygen atoms in total. The molecule has 0 amide bonds. The highest BCUT2D eigenvalue weighted by Gasteiger charge is 2.28. The molecule has 0 aromatic carbocycles. The SMILES string of the molecule is CC(C)(C)C[Si](I)(I)I. The monoisotopic (exact) mass is 480 g/mol. The van der Waals surface area contributed by atoms with Crippen molar-refractivity contribution in [2.24, 2.45) is 5.41 Å². The van der Waals surface area contributed by atoms with Crippen molar-refractivity contribution in [2.75, 3.05) is 0 Å². The summed E-state index contributed by atoms with van der Waals surface area (Å²) in [5.41, 5.74) is 0.524. The zero-order valence-electron chi connectivity index (χ0n) is 5.84. The van der Waals surface area contributed by atoms with E-state index in [4.69, 9.17) is 0 Å². The molecule has 0 saturated heterocycles. The molecular formula is C5H11I3Si. The van der Waals surface area contributed by atoms with Crippen molar-refractivity contribution in [2.45, 2.75) is 26.8 Å². The van der Waals surface area contributed by atoms with Crippen LogP contribution >= 0.6 is 65.4 Å². The Morgan fingerprint density at radius 1 is 1.11 bits per heavy atom. The standard InChI is InChI=1S/C5H11I3Si/c1-5(2,3)4-9(6,7)8/h4H2,1-3H3. The highest BCUT2D eigenvalue weighted by Crippen LogP contribution is 2.40.